The minimum absolute atomic E-state index is 0.169. The Morgan fingerprint density at radius 2 is 2.10 bits per heavy atom. The third-order valence-electron chi connectivity index (χ3n) is 2.65. The number of hydrogen-bond acceptors (Lipinski definition) is 6. The van der Waals surface area contributed by atoms with Gasteiger partial charge in [-0.3, -0.25) is 10.1 Å². The highest BCUT2D eigenvalue weighted by Gasteiger charge is 2.14. The Bertz CT molecular complexity index is 672. The quantitative estimate of drug-likeness (QED) is 0.637. The van der Waals surface area contributed by atoms with Crippen molar-refractivity contribution in [2.75, 3.05) is 5.32 Å². The minimum atomic E-state index is -0.551. The molecule has 0 unspecified atom stereocenters. The molecule has 0 spiro atoms. The topological polar surface area (TPSA) is 112 Å². The van der Waals surface area contributed by atoms with Crippen LogP contribution in [0.15, 0.2) is 34.7 Å². The van der Waals surface area contributed by atoms with E-state index in [-0.39, 0.29) is 24.4 Å². The number of benzene rings is 1. The number of aliphatic hydroxyl groups excluding tert-OH is 1. The van der Waals surface area contributed by atoms with Gasteiger partial charge in [0.2, 0.25) is 0 Å². The Hall–Kier alpha value is -2.85. The van der Waals surface area contributed by atoms with Crippen molar-refractivity contribution in [3.8, 4) is 6.07 Å². The van der Waals surface area contributed by atoms with Crippen LogP contribution in [-0.4, -0.2) is 10.0 Å². The first kappa shape index (κ1) is 13.6. The van der Waals surface area contributed by atoms with E-state index in [1.54, 1.807) is 12.1 Å². The molecule has 0 aliphatic heterocycles. The van der Waals surface area contributed by atoms with Gasteiger partial charge in [0.05, 0.1) is 23.1 Å². The highest BCUT2D eigenvalue weighted by Crippen LogP contribution is 2.26. The van der Waals surface area contributed by atoms with Gasteiger partial charge in [-0.2, -0.15) is 5.26 Å². The maximum Gasteiger partial charge on any atom is 0.293 e. The van der Waals surface area contributed by atoms with Crippen LogP contribution in [0, 0.1) is 21.4 Å². The van der Waals surface area contributed by atoms with Crippen molar-refractivity contribution in [3.63, 3.8) is 0 Å². The summed E-state index contributed by atoms with van der Waals surface area (Å²) in [4.78, 5) is 10.4. The number of anilines is 1. The molecule has 0 radical (unpaired) electrons. The van der Waals surface area contributed by atoms with Crippen LogP contribution in [0.5, 0.6) is 0 Å². The molecule has 7 nitrogen and oxygen atoms in total. The second kappa shape index (κ2) is 5.86. The number of furan rings is 1. The lowest BCUT2D eigenvalue weighted by atomic mass is 10.2. The fraction of sp³-hybridized carbons (Fsp3) is 0.154. The number of hydrogen-bond donors (Lipinski definition) is 2. The normalized spacial score (nSPS) is 10.0. The molecular weight excluding hydrogens is 262 g/mol. The third kappa shape index (κ3) is 2.93. The van der Waals surface area contributed by atoms with Crippen LogP contribution >= 0.6 is 0 Å². The van der Waals surface area contributed by atoms with E-state index in [0.29, 0.717) is 17.2 Å². The third-order valence-corrected chi connectivity index (χ3v) is 2.65. The Morgan fingerprint density at radius 1 is 1.35 bits per heavy atom. The zero-order chi connectivity index (χ0) is 14.5. The van der Waals surface area contributed by atoms with Crippen molar-refractivity contribution in [2.24, 2.45) is 0 Å². The monoisotopic (exact) mass is 273 g/mol. The van der Waals surface area contributed by atoms with Crippen molar-refractivity contribution < 1.29 is 14.4 Å². The van der Waals surface area contributed by atoms with Gasteiger partial charge in [-0.25, -0.2) is 0 Å². The maximum absolute atomic E-state index is 11.0. The molecule has 2 rings (SSSR count). The van der Waals surface area contributed by atoms with Gasteiger partial charge in [-0.15, -0.1) is 0 Å². The van der Waals surface area contributed by atoms with Gasteiger partial charge >= 0.3 is 0 Å². The molecule has 7 heteroatoms. The van der Waals surface area contributed by atoms with E-state index >= 15 is 0 Å². The van der Waals surface area contributed by atoms with Gasteiger partial charge in [0.1, 0.15) is 23.8 Å². The van der Waals surface area contributed by atoms with Crippen molar-refractivity contribution in [2.45, 2.75) is 13.2 Å². The summed E-state index contributed by atoms with van der Waals surface area (Å²) >= 11 is 0. The summed E-state index contributed by atoms with van der Waals surface area (Å²) in [5.41, 5.74) is 0.358. The molecule has 2 N–H and O–H groups in total. The van der Waals surface area contributed by atoms with Crippen molar-refractivity contribution in [1.29, 1.82) is 5.26 Å². The molecule has 0 amide bonds. The molecule has 1 heterocycles. The Morgan fingerprint density at radius 3 is 2.70 bits per heavy atom. The predicted molar refractivity (Wildman–Crippen MR) is 69.8 cm³/mol. The average Bonchev–Trinajstić information content (AvgIpc) is 2.92. The Balaban J connectivity index is 2.16. The molecule has 0 saturated carbocycles. The van der Waals surface area contributed by atoms with Gasteiger partial charge in [0.15, 0.2) is 0 Å². The number of nitro groups is 1. The largest absolute Gasteiger partial charge is 0.462 e. The zero-order valence-electron chi connectivity index (χ0n) is 10.4. The summed E-state index contributed by atoms with van der Waals surface area (Å²) in [6, 6.07) is 9.35. The molecule has 0 bridgehead atoms. The number of nitrogens with zero attached hydrogens (tertiary/aromatic N) is 2. The number of rotatable bonds is 5. The van der Waals surface area contributed by atoms with Gasteiger partial charge in [0.25, 0.3) is 5.69 Å². The number of nitro benzene ring substituents is 1. The summed E-state index contributed by atoms with van der Waals surface area (Å²) in [5, 5.41) is 31.4. The van der Waals surface area contributed by atoms with E-state index in [2.05, 4.69) is 5.32 Å². The Labute approximate surface area is 114 Å². The van der Waals surface area contributed by atoms with E-state index < -0.39 is 4.92 Å². The zero-order valence-corrected chi connectivity index (χ0v) is 10.4. The summed E-state index contributed by atoms with van der Waals surface area (Å²) in [5.74, 6) is 0.976. The van der Waals surface area contributed by atoms with Gasteiger partial charge in [-0.05, 0) is 24.3 Å². The Kier molecular flexibility index (Phi) is 3.98. The number of aliphatic hydroxyl groups is 1. The lowest BCUT2D eigenvalue weighted by Gasteiger charge is -2.05. The second-order valence-electron chi connectivity index (χ2n) is 3.98. The molecule has 0 saturated heterocycles. The highest BCUT2D eigenvalue weighted by atomic mass is 16.6. The molecule has 1 aromatic carbocycles. The van der Waals surface area contributed by atoms with E-state index in [0.717, 1.165) is 0 Å². The molecule has 20 heavy (non-hydrogen) atoms. The van der Waals surface area contributed by atoms with Crippen LogP contribution in [0.1, 0.15) is 17.1 Å². The van der Waals surface area contributed by atoms with Crippen LogP contribution < -0.4 is 5.32 Å². The van der Waals surface area contributed by atoms with Crippen LogP contribution in [0.25, 0.3) is 0 Å². The predicted octanol–water partition coefficient (Wildman–Crippen LogP) is 2.16. The highest BCUT2D eigenvalue weighted by molar-refractivity contribution is 5.64. The fourth-order valence-electron chi connectivity index (χ4n) is 1.69. The van der Waals surface area contributed by atoms with Crippen molar-refractivity contribution in [1.82, 2.24) is 0 Å². The smallest absolute Gasteiger partial charge is 0.293 e. The van der Waals surface area contributed by atoms with E-state index in [1.165, 1.54) is 18.2 Å². The molecular formula is C13H11N3O4. The van der Waals surface area contributed by atoms with Crippen LogP contribution in [0.4, 0.5) is 11.4 Å². The molecule has 0 aliphatic rings. The standard InChI is InChI=1S/C13H11N3O4/c14-6-9-1-4-12(13(5-9)16(18)19)15-7-10-2-3-11(8-17)20-10/h1-5,15,17H,7-8H2. The van der Waals surface area contributed by atoms with Gasteiger partial charge < -0.3 is 14.8 Å². The second-order valence-corrected chi connectivity index (χ2v) is 3.98. The van der Waals surface area contributed by atoms with Gasteiger partial charge in [0, 0.05) is 6.07 Å². The van der Waals surface area contributed by atoms with E-state index in [1.807, 2.05) is 6.07 Å². The molecule has 0 fully saturated rings. The van der Waals surface area contributed by atoms with Crippen molar-refractivity contribution >= 4 is 11.4 Å². The average molecular weight is 273 g/mol. The summed E-state index contributed by atoms with van der Waals surface area (Å²) < 4.78 is 5.27. The lowest BCUT2D eigenvalue weighted by Crippen LogP contribution is -2.02. The molecule has 1 aromatic heterocycles. The van der Waals surface area contributed by atoms with Crippen LogP contribution in [0.3, 0.4) is 0 Å². The van der Waals surface area contributed by atoms with Gasteiger partial charge in [-0.1, -0.05) is 0 Å². The SMILES string of the molecule is N#Cc1ccc(NCc2ccc(CO)o2)c([N+](=O)[O-])c1. The van der Waals surface area contributed by atoms with E-state index in [9.17, 15) is 10.1 Å². The number of nitriles is 1. The first-order valence-electron chi connectivity index (χ1n) is 5.75. The fourth-order valence-corrected chi connectivity index (χ4v) is 1.69. The molecule has 2 aromatic rings. The summed E-state index contributed by atoms with van der Waals surface area (Å²) in [7, 11) is 0. The maximum atomic E-state index is 11.0. The summed E-state index contributed by atoms with van der Waals surface area (Å²) in [6.45, 7) is 0.0454. The van der Waals surface area contributed by atoms with Crippen LogP contribution in [0.2, 0.25) is 0 Å². The first-order valence-corrected chi connectivity index (χ1v) is 5.75. The number of nitrogens with one attached hydrogen (secondary N) is 1. The van der Waals surface area contributed by atoms with Crippen LogP contribution in [-0.2, 0) is 13.2 Å². The molecule has 102 valence electrons. The van der Waals surface area contributed by atoms with E-state index in [4.69, 9.17) is 14.8 Å². The first-order chi connectivity index (χ1) is 9.63. The summed E-state index contributed by atoms with van der Waals surface area (Å²) in [6.07, 6.45) is 0. The minimum Gasteiger partial charge on any atom is -0.462 e. The van der Waals surface area contributed by atoms with Crippen molar-refractivity contribution in [3.05, 3.63) is 57.5 Å². The molecule has 0 aliphatic carbocycles. The molecule has 0 atom stereocenters. The lowest BCUT2D eigenvalue weighted by molar-refractivity contribution is -0.384.